The van der Waals surface area contributed by atoms with Gasteiger partial charge in [-0.2, -0.15) is 5.06 Å². The molecule has 0 amide bonds. The number of hydrogen-bond donors (Lipinski definition) is 1. The lowest BCUT2D eigenvalue weighted by molar-refractivity contribution is -0.304. The van der Waals surface area contributed by atoms with Crippen LogP contribution in [0.3, 0.4) is 0 Å². The molecular weight excluding hydrogens is 413 g/mol. The molecule has 3 aliphatic rings. The van der Waals surface area contributed by atoms with Gasteiger partial charge in [0, 0.05) is 39.3 Å². The number of halogens is 1. The number of esters is 1. The van der Waals surface area contributed by atoms with E-state index in [9.17, 15) is 10.0 Å². The normalized spacial score (nSPS) is 31.9. The van der Waals surface area contributed by atoms with Crippen LogP contribution in [0.25, 0.3) is 0 Å². The van der Waals surface area contributed by atoms with E-state index in [1.807, 2.05) is 6.92 Å². The van der Waals surface area contributed by atoms with Crippen molar-refractivity contribution in [1.82, 2.24) is 5.06 Å². The highest BCUT2D eigenvalue weighted by Gasteiger charge is 2.56. The minimum absolute atomic E-state index is 0.140. The Hall–Kier alpha value is 0.0400. The zero-order chi connectivity index (χ0) is 16.5. The Labute approximate surface area is 150 Å². The third kappa shape index (κ3) is 3.53. The SMILES string of the molecule is CC(I)C(=O)OC1CC2(CCOCC2)N(O)C2(CCOCC2)C1. The van der Waals surface area contributed by atoms with Crippen molar-refractivity contribution in [2.24, 2.45) is 0 Å². The zero-order valence-corrected chi connectivity index (χ0v) is 15.8. The summed E-state index contributed by atoms with van der Waals surface area (Å²) in [6.45, 7) is 4.43. The van der Waals surface area contributed by atoms with Gasteiger partial charge in [0.15, 0.2) is 0 Å². The molecule has 0 aromatic heterocycles. The molecule has 1 N–H and O–H groups in total. The van der Waals surface area contributed by atoms with Gasteiger partial charge in [-0.25, -0.2) is 0 Å². The standard InChI is InChI=1S/C16H26INO5/c1-12(17)14(19)23-13-10-15(2-6-21-7-3-15)18(20)16(11-13)4-8-22-9-5-16/h12-13,20H,2-11H2,1H3. The molecule has 7 heteroatoms. The summed E-state index contributed by atoms with van der Waals surface area (Å²) in [5.41, 5.74) is -0.680. The fourth-order valence-corrected chi connectivity index (χ4v) is 4.42. The average Bonchev–Trinajstić information content (AvgIpc) is 2.54. The second-order valence-corrected chi connectivity index (χ2v) is 8.94. The summed E-state index contributed by atoms with van der Waals surface area (Å²) in [7, 11) is 0. The molecule has 3 aliphatic heterocycles. The quantitative estimate of drug-likeness (QED) is 0.405. The molecule has 3 rings (SSSR count). The minimum Gasteiger partial charge on any atom is -0.461 e. The van der Waals surface area contributed by atoms with Gasteiger partial charge in [-0.3, -0.25) is 4.79 Å². The van der Waals surface area contributed by atoms with Crippen LogP contribution in [-0.2, 0) is 19.0 Å². The molecule has 3 saturated heterocycles. The second kappa shape index (κ2) is 7.11. The van der Waals surface area contributed by atoms with Crippen LogP contribution in [0.5, 0.6) is 0 Å². The Morgan fingerprint density at radius 1 is 1.13 bits per heavy atom. The fourth-order valence-electron chi connectivity index (χ4n) is 4.27. The molecule has 2 spiro atoms. The van der Waals surface area contributed by atoms with Gasteiger partial charge in [-0.15, -0.1) is 0 Å². The second-order valence-electron chi connectivity index (χ2n) is 7.07. The summed E-state index contributed by atoms with van der Waals surface area (Å²) in [6.07, 6.45) is 4.34. The van der Waals surface area contributed by atoms with E-state index in [0.717, 1.165) is 25.7 Å². The highest BCUT2D eigenvalue weighted by atomic mass is 127. The van der Waals surface area contributed by atoms with Crippen LogP contribution < -0.4 is 0 Å². The van der Waals surface area contributed by atoms with Gasteiger partial charge in [0.25, 0.3) is 0 Å². The lowest BCUT2D eigenvalue weighted by atomic mass is 9.70. The summed E-state index contributed by atoms with van der Waals surface area (Å²) in [6, 6.07) is 0. The van der Waals surface area contributed by atoms with Crippen LogP contribution in [0, 0.1) is 0 Å². The summed E-state index contributed by atoms with van der Waals surface area (Å²) in [5.74, 6) is -0.161. The summed E-state index contributed by atoms with van der Waals surface area (Å²) < 4.78 is 16.6. The molecule has 1 unspecified atom stereocenters. The smallest absolute Gasteiger partial charge is 0.318 e. The van der Waals surface area contributed by atoms with E-state index in [2.05, 4.69) is 22.6 Å². The maximum atomic E-state index is 12.1. The number of nitrogens with zero attached hydrogens (tertiary/aromatic N) is 1. The first kappa shape index (κ1) is 17.8. The minimum atomic E-state index is -0.340. The molecule has 23 heavy (non-hydrogen) atoms. The van der Waals surface area contributed by atoms with Gasteiger partial charge in [0.05, 0.1) is 11.1 Å². The molecule has 132 valence electrons. The molecular formula is C16H26INO5. The van der Waals surface area contributed by atoms with E-state index in [0.29, 0.717) is 39.3 Å². The Balaban J connectivity index is 1.83. The van der Waals surface area contributed by atoms with Crippen LogP contribution >= 0.6 is 22.6 Å². The lowest BCUT2D eigenvalue weighted by Gasteiger charge is -2.58. The number of hydroxylamine groups is 2. The highest BCUT2D eigenvalue weighted by Crippen LogP contribution is 2.47. The van der Waals surface area contributed by atoms with Crippen molar-refractivity contribution >= 4 is 28.6 Å². The molecule has 0 aliphatic carbocycles. The van der Waals surface area contributed by atoms with Crippen LogP contribution in [-0.4, -0.2) is 63.8 Å². The van der Waals surface area contributed by atoms with E-state index in [1.165, 1.54) is 0 Å². The largest absolute Gasteiger partial charge is 0.461 e. The monoisotopic (exact) mass is 439 g/mol. The molecule has 0 aromatic carbocycles. The van der Waals surface area contributed by atoms with Gasteiger partial charge >= 0.3 is 5.97 Å². The van der Waals surface area contributed by atoms with Gasteiger partial charge in [0.2, 0.25) is 0 Å². The zero-order valence-electron chi connectivity index (χ0n) is 13.6. The summed E-state index contributed by atoms with van der Waals surface area (Å²) in [4.78, 5) is 12.1. The summed E-state index contributed by atoms with van der Waals surface area (Å²) >= 11 is 2.09. The molecule has 1 atom stereocenters. The van der Waals surface area contributed by atoms with Crippen LogP contribution in [0.4, 0.5) is 0 Å². The van der Waals surface area contributed by atoms with Crippen molar-refractivity contribution in [2.45, 2.75) is 66.6 Å². The van der Waals surface area contributed by atoms with E-state index < -0.39 is 0 Å². The van der Waals surface area contributed by atoms with Crippen molar-refractivity contribution in [2.75, 3.05) is 26.4 Å². The number of piperidine rings is 1. The van der Waals surface area contributed by atoms with E-state index >= 15 is 0 Å². The van der Waals surface area contributed by atoms with Crippen molar-refractivity contribution < 1.29 is 24.2 Å². The Morgan fingerprint density at radius 2 is 1.57 bits per heavy atom. The van der Waals surface area contributed by atoms with E-state index in [4.69, 9.17) is 14.2 Å². The molecule has 3 fully saturated rings. The van der Waals surface area contributed by atoms with Crippen LogP contribution in [0.15, 0.2) is 0 Å². The highest BCUT2D eigenvalue weighted by molar-refractivity contribution is 14.1. The molecule has 0 radical (unpaired) electrons. The number of carbonyl (C=O) groups is 1. The molecule has 3 heterocycles. The van der Waals surface area contributed by atoms with Crippen molar-refractivity contribution in [3.63, 3.8) is 0 Å². The number of ether oxygens (including phenoxy) is 3. The maximum absolute atomic E-state index is 12.1. The fraction of sp³-hybridized carbons (Fsp3) is 0.938. The predicted molar refractivity (Wildman–Crippen MR) is 91.8 cm³/mol. The molecule has 0 saturated carbocycles. The van der Waals surface area contributed by atoms with Crippen LogP contribution in [0.1, 0.15) is 45.4 Å². The average molecular weight is 439 g/mol. The van der Waals surface area contributed by atoms with E-state index in [-0.39, 0.29) is 27.1 Å². The first-order valence-electron chi connectivity index (χ1n) is 8.47. The van der Waals surface area contributed by atoms with Crippen molar-refractivity contribution in [1.29, 1.82) is 0 Å². The van der Waals surface area contributed by atoms with Gasteiger partial charge < -0.3 is 19.4 Å². The molecule has 6 nitrogen and oxygen atoms in total. The third-order valence-corrected chi connectivity index (χ3v) is 6.08. The van der Waals surface area contributed by atoms with Gasteiger partial charge in [-0.1, -0.05) is 22.6 Å². The molecule has 0 aromatic rings. The number of alkyl halides is 1. The van der Waals surface area contributed by atoms with Crippen molar-refractivity contribution in [3.05, 3.63) is 0 Å². The van der Waals surface area contributed by atoms with Crippen molar-refractivity contribution in [3.8, 4) is 0 Å². The Kier molecular flexibility index (Phi) is 5.52. The Bertz CT molecular complexity index is 404. The third-order valence-electron chi connectivity index (χ3n) is 5.57. The number of hydrogen-bond acceptors (Lipinski definition) is 6. The first-order valence-corrected chi connectivity index (χ1v) is 9.71. The Morgan fingerprint density at radius 3 is 1.96 bits per heavy atom. The lowest BCUT2D eigenvalue weighted by Crippen LogP contribution is -2.68. The summed E-state index contributed by atoms with van der Waals surface area (Å²) in [5, 5.41) is 12.7. The number of rotatable bonds is 2. The van der Waals surface area contributed by atoms with E-state index in [1.54, 1.807) is 5.06 Å². The van der Waals surface area contributed by atoms with Gasteiger partial charge in [-0.05, 0) is 32.6 Å². The topological polar surface area (TPSA) is 68.2 Å². The maximum Gasteiger partial charge on any atom is 0.318 e. The first-order chi connectivity index (χ1) is 11.0. The predicted octanol–water partition coefficient (Wildman–Crippen LogP) is 2.31. The molecule has 0 bridgehead atoms. The van der Waals surface area contributed by atoms with Crippen LogP contribution in [0.2, 0.25) is 0 Å². The number of carbonyl (C=O) groups excluding carboxylic acids is 1. The van der Waals surface area contributed by atoms with Gasteiger partial charge in [0.1, 0.15) is 10.0 Å².